The lowest BCUT2D eigenvalue weighted by Gasteiger charge is -2.08. The minimum atomic E-state index is -0.213. The SMILES string of the molecule is CC(C)n1cnc2c(N)ncnc21.CC(C)n1cnc2c(NC(=O)c3ccccc3)ncnc21. The van der Waals surface area contributed by atoms with Crippen molar-refractivity contribution in [3.63, 3.8) is 0 Å². The third-order valence-electron chi connectivity index (χ3n) is 5.13. The summed E-state index contributed by atoms with van der Waals surface area (Å²) in [5, 5.41) is 2.79. The van der Waals surface area contributed by atoms with Gasteiger partial charge in [0.05, 0.1) is 12.7 Å². The molecule has 0 saturated carbocycles. The van der Waals surface area contributed by atoms with Crippen molar-refractivity contribution in [2.75, 3.05) is 11.1 Å². The van der Waals surface area contributed by atoms with Gasteiger partial charge in [-0.25, -0.2) is 29.9 Å². The van der Waals surface area contributed by atoms with E-state index in [9.17, 15) is 4.79 Å². The van der Waals surface area contributed by atoms with E-state index in [-0.39, 0.29) is 11.9 Å². The molecule has 34 heavy (non-hydrogen) atoms. The molecule has 0 saturated heterocycles. The van der Waals surface area contributed by atoms with Crippen molar-refractivity contribution >= 4 is 39.9 Å². The summed E-state index contributed by atoms with van der Waals surface area (Å²) in [7, 11) is 0. The third-order valence-corrected chi connectivity index (χ3v) is 5.13. The molecule has 0 aliphatic rings. The van der Waals surface area contributed by atoms with E-state index < -0.39 is 0 Å². The number of benzene rings is 1. The van der Waals surface area contributed by atoms with Crippen molar-refractivity contribution in [1.82, 2.24) is 39.0 Å². The van der Waals surface area contributed by atoms with Crippen LogP contribution in [0.4, 0.5) is 11.6 Å². The quantitative estimate of drug-likeness (QED) is 0.415. The Morgan fingerprint density at radius 2 is 1.35 bits per heavy atom. The number of nitrogens with zero attached hydrogens (tertiary/aromatic N) is 8. The summed E-state index contributed by atoms with van der Waals surface area (Å²) in [4.78, 5) is 37.0. The first-order valence-corrected chi connectivity index (χ1v) is 10.8. The zero-order valence-electron chi connectivity index (χ0n) is 19.4. The highest BCUT2D eigenvalue weighted by Gasteiger charge is 2.14. The number of aromatic nitrogens is 8. The summed E-state index contributed by atoms with van der Waals surface area (Å²) in [5.41, 5.74) is 8.99. The third kappa shape index (κ3) is 4.53. The number of hydrogen-bond acceptors (Lipinski definition) is 8. The van der Waals surface area contributed by atoms with Crippen molar-refractivity contribution in [2.24, 2.45) is 0 Å². The Labute approximate surface area is 196 Å². The van der Waals surface area contributed by atoms with Gasteiger partial charge in [0.15, 0.2) is 28.4 Å². The standard InChI is InChI=1S/C15H15N5O.C8H11N5/c1-10(2)20-9-18-12-13(16-8-17-14(12)20)19-15(21)11-6-4-3-5-7-11;1-5(2)13-4-12-6-7(9)10-3-11-8(6)13/h3-10H,1-2H3,(H,16,17,19,21);3-5H,1-2H3,(H2,9,10,11). The van der Waals surface area contributed by atoms with E-state index in [4.69, 9.17) is 5.73 Å². The van der Waals surface area contributed by atoms with Crippen molar-refractivity contribution in [3.8, 4) is 0 Å². The van der Waals surface area contributed by atoms with Crippen LogP contribution in [0.1, 0.15) is 50.1 Å². The van der Waals surface area contributed by atoms with Crippen LogP contribution in [-0.4, -0.2) is 44.9 Å². The molecule has 11 heteroatoms. The molecule has 3 N–H and O–H groups in total. The number of imidazole rings is 2. The molecule has 0 radical (unpaired) electrons. The lowest BCUT2D eigenvalue weighted by molar-refractivity contribution is 0.102. The van der Waals surface area contributed by atoms with Gasteiger partial charge >= 0.3 is 0 Å². The van der Waals surface area contributed by atoms with Crippen molar-refractivity contribution < 1.29 is 4.79 Å². The van der Waals surface area contributed by atoms with Gasteiger partial charge in [-0.1, -0.05) is 18.2 Å². The first kappa shape index (κ1) is 22.8. The molecule has 4 heterocycles. The second-order valence-corrected chi connectivity index (χ2v) is 8.14. The first-order chi connectivity index (χ1) is 16.4. The normalized spacial score (nSPS) is 11.1. The van der Waals surface area contributed by atoms with Gasteiger partial charge in [-0.2, -0.15) is 0 Å². The maximum Gasteiger partial charge on any atom is 0.256 e. The van der Waals surface area contributed by atoms with E-state index in [0.717, 1.165) is 5.65 Å². The van der Waals surface area contributed by atoms with Crippen LogP contribution in [0, 0.1) is 0 Å². The Hall–Kier alpha value is -4.41. The number of nitrogen functional groups attached to an aromatic ring is 1. The van der Waals surface area contributed by atoms with Gasteiger partial charge in [0.2, 0.25) is 0 Å². The van der Waals surface area contributed by atoms with Crippen molar-refractivity contribution in [2.45, 2.75) is 39.8 Å². The summed E-state index contributed by atoms with van der Waals surface area (Å²) < 4.78 is 3.91. The minimum absolute atomic E-state index is 0.213. The van der Waals surface area contributed by atoms with Gasteiger partial charge in [0.1, 0.15) is 18.2 Å². The highest BCUT2D eigenvalue weighted by atomic mass is 16.1. The fourth-order valence-electron chi connectivity index (χ4n) is 3.34. The van der Waals surface area contributed by atoms with Gasteiger partial charge < -0.3 is 20.2 Å². The second-order valence-electron chi connectivity index (χ2n) is 8.14. The smallest absolute Gasteiger partial charge is 0.256 e. The maximum absolute atomic E-state index is 12.2. The number of nitrogens with one attached hydrogen (secondary N) is 1. The molecule has 11 nitrogen and oxygen atoms in total. The Morgan fingerprint density at radius 3 is 1.97 bits per heavy atom. The van der Waals surface area contributed by atoms with E-state index in [1.54, 1.807) is 24.8 Å². The zero-order chi connectivity index (χ0) is 24.2. The van der Waals surface area contributed by atoms with Crippen LogP contribution >= 0.6 is 0 Å². The highest BCUT2D eigenvalue weighted by molar-refractivity contribution is 6.06. The van der Waals surface area contributed by atoms with Gasteiger partial charge in [-0.05, 0) is 39.8 Å². The second kappa shape index (κ2) is 9.61. The van der Waals surface area contributed by atoms with Crippen LogP contribution in [0.25, 0.3) is 22.3 Å². The molecule has 0 aliphatic carbocycles. The predicted octanol–water partition coefficient (Wildman–Crippen LogP) is 3.65. The molecule has 1 aromatic carbocycles. The molecule has 0 bridgehead atoms. The topological polar surface area (TPSA) is 142 Å². The number of carbonyl (C=O) groups is 1. The van der Waals surface area contributed by atoms with Gasteiger partial charge in [0, 0.05) is 17.6 Å². The average Bonchev–Trinajstić information content (AvgIpc) is 3.46. The summed E-state index contributed by atoms with van der Waals surface area (Å²) in [6.45, 7) is 8.23. The van der Waals surface area contributed by atoms with E-state index in [1.165, 1.54) is 12.7 Å². The summed E-state index contributed by atoms with van der Waals surface area (Å²) in [5.74, 6) is 0.646. The molecular weight excluding hydrogens is 432 g/mol. The van der Waals surface area contributed by atoms with Gasteiger partial charge in [-0.3, -0.25) is 4.79 Å². The number of fused-ring (bicyclic) bond motifs is 2. The lowest BCUT2D eigenvalue weighted by Crippen LogP contribution is -2.13. The van der Waals surface area contributed by atoms with Crippen LogP contribution in [-0.2, 0) is 0 Å². The maximum atomic E-state index is 12.2. The van der Waals surface area contributed by atoms with Gasteiger partial charge in [-0.15, -0.1) is 0 Å². The number of nitrogens with two attached hydrogens (primary N) is 1. The lowest BCUT2D eigenvalue weighted by atomic mass is 10.2. The molecule has 0 atom stereocenters. The number of amides is 1. The molecule has 1 amide bonds. The largest absolute Gasteiger partial charge is 0.382 e. The van der Waals surface area contributed by atoms with E-state index >= 15 is 0 Å². The van der Waals surface area contributed by atoms with Crippen LogP contribution in [0.2, 0.25) is 0 Å². The Balaban J connectivity index is 0.000000180. The van der Waals surface area contributed by atoms with E-state index in [1.807, 2.05) is 41.2 Å². The number of rotatable bonds is 4. The van der Waals surface area contributed by atoms with E-state index in [0.29, 0.717) is 39.9 Å². The molecule has 0 spiro atoms. The average molecular weight is 459 g/mol. The summed E-state index contributed by atoms with van der Waals surface area (Å²) in [6.07, 6.45) is 6.34. The fraction of sp³-hybridized carbons (Fsp3) is 0.261. The molecule has 5 aromatic rings. The van der Waals surface area contributed by atoms with Crippen LogP contribution in [0.3, 0.4) is 0 Å². The zero-order valence-corrected chi connectivity index (χ0v) is 19.4. The number of anilines is 2. The highest BCUT2D eigenvalue weighted by Crippen LogP contribution is 2.21. The minimum Gasteiger partial charge on any atom is -0.382 e. The molecule has 174 valence electrons. The Bertz CT molecular complexity index is 1420. The van der Waals surface area contributed by atoms with Crippen molar-refractivity contribution in [1.29, 1.82) is 0 Å². The number of hydrogen-bond donors (Lipinski definition) is 2. The summed E-state index contributed by atoms with van der Waals surface area (Å²) >= 11 is 0. The molecule has 5 rings (SSSR count). The predicted molar refractivity (Wildman–Crippen MR) is 130 cm³/mol. The fourth-order valence-corrected chi connectivity index (χ4v) is 3.34. The van der Waals surface area contributed by atoms with E-state index in [2.05, 4.69) is 49.1 Å². The monoisotopic (exact) mass is 458 g/mol. The molecular formula is C23H26N10O. The Morgan fingerprint density at radius 1 is 0.794 bits per heavy atom. The molecule has 0 unspecified atom stereocenters. The van der Waals surface area contributed by atoms with Crippen LogP contribution < -0.4 is 11.1 Å². The molecule has 4 aromatic heterocycles. The molecule has 0 aliphatic heterocycles. The first-order valence-electron chi connectivity index (χ1n) is 10.8. The summed E-state index contributed by atoms with van der Waals surface area (Å²) in [6, 6.07) is 9.57. The Kier molecular flexibility index (Phi) is 6.44. The van der Waals surface area contributed by atoms with Crippen LogP contribution in [0.15, 0.2) is 55.6 Å². The molecule has 0 fully saturated rings. The van der Waals surface area contributed by atoms with Gasteiger partial charge in [0.25, 0.3) is 5.91 Å². The van der Waals surface area contributed by atoms with Crippen molar-refractivity contribution in [3.05, 3.63) is 61.2 Å². The van der Waals surface area contributed by atoms with Crippen LogP contribution in [0.5, 0.6) is 0 Å². The number of carbonyl (C=O) groups excluding carboxylic acids is 1.